The molecule has 0 radical (unpaired) electrons. The van der Waals surface area contributed by atoms with Gasteiger partial charge >= 0.3 is 0 Å². The van der Waals surface area contributed by atoms with Gasteiger partial charge in [0.05, 0.1) is 15.8 Å². The topological polar surface area (TPSA) is 88.8 Å². The number of halogens is 1. The van der Waals surface area contributed by atoms with E-state index in [1.807, 2.05) is 18.4 Å². The molecule has 1 amide bonds. The van der Waals surface area contributed by atoms with Gasteiger partial charge in [0, 0.05) is 25.2 Å². The van der Waals surface area contributed by atoms with Crippen molar-refractivity contribution in [3.05, 3.63) is 48.0 Å². The molecular weight excluding hydrogens is 465 g/mol. The van der Waals surface area contributed by atoms with E-state index in [1.165, 1.54) is 36.7 Å². The number of anilines is 2. The monoisotopic (exact) mass is 493 g/mol. The molecule has 182 valence electrons. The fraction of sp³-hybridized carbons (Fsp3) is 0.400. The van der Waals surface area contributed by atoms with Gasteiger partial charge in [-0.1, -0.05) is 36.7 Å². The van der Waals surface area contributed by atoms with Crippen LogP contribution in [0.2, 0.25) is 0 Å². The molecular formula is C25H28FN7OS. The minimum absolute atomic E-state index is 0.0365. The quantitative estimate of drug-likeness (QED) is 0.371. The molecule has 0 aliphatic heterocycles. The number of aromatic nitrogens is 5. The Morgan fingerprint density at radius 3 is 2.77 bits per heavy atom. The molecule has 0 saturated heterocycles. The van der Waals surface area contributed by atoms with Crippen LogP contribution in [0.5, 0.6) is 0 Å². The second-order valence-corrected chi connectivity index (χ2v) is 10.2. The first-order valence-electron chi connectivity index (χ1n) is 11.9. The zero-order valence-corrected chi connectivity index (χ0v) is 20.8. The summed E-state index contributed by atoms with van der Waals surface area (Å²) >= 11 is 1.49. The number of rotatable bonds is 6. The highest BCUT2D eigenvalue weighted by Gasteiger charge is 2.22. The van der Waals surface area contributed by atoms with E-state index < -0.39 is 11.7 Å². The molecule has 1 N–H and O–H groups in total. The Labute approximate surface area is 207 Å². The van der Waals surface area contributed by atoms with Crippen LogP contribution in [-0.2, 0) is 0 Å². The maximum Gasteiger partial charge on any atom is 0.259 e. The van der Waals surface area contributed by atoms with Crippen molar-refractivity contribution in [2.24, 2.45) is 0 Å². The molecule has 3 heterocycles. The van der Waals surface area contributed by atoms with E-state index in [2.05, 4.69) is 37.4 Å². The van der Waals surface area contributed by atoms with Crippen LogP contribution in [0, 0.1) is 5.82 Å². The fourth-order valence-corrected chi connectivity index (χ4v) is 5.52. The smallest absolute Gasteiger partial charge is 0.259 e. The summed E-state index contributed by atoms with van der Waals surface area (Å²) in [5.41, 5.74) is 1.10. The SMILES string of the molecule is CC(C)n1cnnc1-c1cccc(NC(=O)c2cc3sc(N(C)C4CCCCC4)nc3cc2F)n1. The normalized spacial score (nSPS) is 14.5. The molecule has 1 aliphatic rings. The molecule has 8 nitrogen and oxygen atoms in total. The van der Waals surface area contributed by atoms with Crippen molar-refractivity contribution >= 4 is 38.4 Å². The Bertz CT molecular complexity index is 1360. The van der Waals surface area contributed by atoms with Gasteiger partial charge in [0.2, 0.25) is 0 Å². The molecule has 4 aromatic rings. The van der Waals surface area contributed by atoms with Crippen LogP contribution in [0.3, 0.4) is 0 Å². The van der Waals surface area contributed by atoms with Crippen LogP contribution in [-0.4, -0.2) is 43.7 Å². The summed E-state index contributed by atoms with van der Waals surface area (Å²) in [5.74, 6) is -0.256. The fourth-order valence-electron chi connectivity index (χ4n) is 4.50. The number of fused-ring (bicyclic) bond motifs is 1. The number of carbonyl (C=O) groups excluding carboxylic acids is 1. The summed E-state index contributed by atoms with van der Waals surface area (Å²) in [5, 5.41) is 11.7. The number of benzene rings is 1. The van der Waals surface area contributed by atoms with Crippen molar-refractivity contribution < 1.29 is 9.18 Å². The minimum Gasteiger partial charge on any atom is -0.348 e. The van der Waals surface area contributed by atoms with E-state index in [0.717, 1.165) is 22.7 Å². The summed E-state index contributed by atoms with van der Waals surface area (Å²) in [7, 11) is 2.05. The predicted molar refractivity (Wildman–Crippen MR) is 136 cm³/mol. The molecule has 0 unspecified atom stereocenters. The van der Waals surface area contributed by atoms with Gasteiger partial charge in [0.15, 0.2) is 11.0 Å². The van der Waals surface area contributed by atoms with Crippen LogP contribution < -0.4 is 10.2 Å². The Balaban J connectivity index is 1.38. The number of hydrogen-bond acceptors (Lipinski definition) is 7. The molecule has 1 aliphatic carbocycles. The standard InChI is InChI=1S/C25H28FN7OS/c1-15(2)33-14-27-31-23(33)19-10-7-11-22(28-19)30-24(34)17-12-21-20(13-18(17)26)29-25(35-21)32(3)16-8-5-4-6-9-16/h7,10-16H,4-6,8-9H2,1-3H3,(H,28,30,34). The molecule has 1 aromatic carbocycles. The van der Waals surface area contributed by atoms with Gasteiger partial charge in [-0.05, 0) is 44.9 Å². The highest BCUT2D eigenvalue weighted by molar-refractivity contribution is 7.22. The summed E-state index contributed by atoms with van der Waals surface area (Å²) in [6, 6.07) is 8.76. The van der Waals surface area contributed by atoms with E-state index in [4.69, 9.17) is 0 Å². The predicted octanol–water partition coefficient (Wildman–Crippen LogP) is 5.69. The Kier molecular flexibility index (Phi) is 6.46. The molecule has 3 aromatic heterocycles. The van der Waals surface area contributed by atoms with Crippen LogP contribution >= 0.6 is 11.3 Å². The number of hydrogen-bond donors (Lipinski definition) is 1. The van der Waals surface area contributed by atoms with Gasteiger partial charge in [0.25, 0.3) is 5.91 Å². The number of nitrogens with zero attached hydrogens (tertiary/aromatic N) is 6. The summed E-state index contributed by atoms with van der Waals surface area (Å²) in [6.45, 7) is 4.05. The molecule has 0 bridgehead atoms. The van der Waals surface area contributed by atoms with Crippen molar-refractivity contribution in [1.82, 2.24) is 24.7 Å². The van der Waals surface area contributed by atoms with E-state index in [9.17, 15) is 9.18 Å². The number of carbonyl (C=O) groups is 1. The Morgan fingerprint density at radius 2 is 2.00 bits per heavy atom. The molecule has 5 rings (SSSR count). The molecule has 1 fully saturated rings. The lowest BCUT2D eigenvalue weighted by Crippen LogP contribution is -2.33. The van der Waals surface area contributed by atoms with E-state index in [0.29, 0.717) is 28.9 Å². The largest absolute Gasteiger partial charge is 0.348 e. The Hall–Kier alpha value is -3.40. The third kappa shape index (κ3) is 4.75. The van der Waals surface area contributed by atoms with Gasteiger partial charge < -0.3 is 14.8 Å². The number of nitrogens with one attached hydrogen (secondary N) is 1. The molecule has 0 atom stereocenters. The van der Waals surface area contributed by atoms with Crippen molar-refractivity contribution in [3.8, 4) is 11.5 Å². The molecule has 0 spiro atoms. The summed E-state index contributed by atoms with van der Waals surface area (Å²) < 4.78 is 17.6. The maximum absolute atomic E-state index is 14.9. The van der Waals surface area contributed by atoms with E-state index in [1.54, 1.807) is 30.6 Å². The number of amides is 1. The average Bonchev–Trinajstić information content (AvgIpc) is 3.51. The van der Waals surface area contributed by atoms with Crippen molar-refractivity contribution in [3.63, 3.8) is 0 Å². The van der Waals surface area contributed by atoms with Gasteiger partial charge in [-0.2, -0.15) is 0 Å². The zero-order valence-electron chi connectivity index (χ0n) is 20.0. The highest BCUT2D eigenvalue weighted by atomic mass is 32.1. The van der Waals surface area contributed by atoms with Gasteiger partial charge in [-0.25, -0.2) is 14.4 Å². The van der Waals surface area contributed by atoms with Crippen LogP contribution in [0.4, 0.5) is 15.3 Å². The lowest BCUT2D eigenvalue weighted by Gasteiger charge is -2.30. The van der Waals surface area contributed by atoms with Crippen LogP contribution in [0.15, 0.2) is 36.7 Å². The van der Waals surface area contributed by atoms with Gasteiger partial charge in [0.1, 0.15) is 23.7 Å². The second-order valence-electron chi connectivity index (χ2n) is 9.22. The Morgan fingerprint density at radius 1 is 1.20 bits per heavy atom. The number of thiazole rings is 1. The minimum atomic E-state index is -0.608. The zero-order chi connectivity index (χ0) is 24.5. The average molecular weight is 494 g/mol. The first kappa shape index (κ1) is 23.3. The highest BCUT2D eigenvalue weighted by Crippen LogP contribution is 2.34. The third-order valence-corrected chi connectivity index (χ3v) is 7.59. The van der Waals surface area contributed by atoms with Gasteiger partial charge in [-0.15, -0.1) is 10.2 Å². The molecule has 10 heteroatoms. The van der Waals surface area contributed by atoms with E-state index >= 15 is 0 Å². The summed E-state index contributed by atoms with van der Waals surface area (Å²) in [4.78, 5) is 24.3. The lowest BCUT2D eigenvalue weighted by atomic mass is 9.95. The second kappa shape index (κ2) is 9.69. The van der Waals surface area contributed by atoms with Crippen LogP contribution in [0.1, 0.15) is 62.4 Å². The van der Waals surface area contributed by atoms with Crippen molar-refractivity contribution in [1.29, 1.82) is 0 Å². The third-order valence-electron chi connectivity index (χ3n) is 6.48. The molecule has 1 saturated carbocycles. The number of pyridine rings is 1. The van der Waals surface area contributed by atoms with Crippen molar-refractivity contribution in [2.45, 2.75) is 58.0 Å². The molecule has 35 heavy (non-hydrogen) atoms. The maximum atomic E-state index is 14.9. The van der Waals surface area contributed by atoms with Crippen LogP contribution in [0.25, 0.3) is 21.7 Å². The lowest BCUT2D eigenvalue weighted by molar-refractivity contribution is 0.102. The first-order valence-corrected chi connectivity index (χ1v) is 12.7. The van der Waals surface area contributed by atoms with E-state index in [-0.39, 0.29) is 11.6 Å². The summed E-state index contributed by atoms with van der Waals surface area (Å²) in [6.07, 6.45) is 7.67. The van der Waals surface area contributed by atoms with Gasteiger partial charge in [-0.3, -0.25) is 4.79 Å². The van der Waals surface area contributed by atoms with Crippen molar-refractivity contribution in [2.75, 3.05) is 17.3 Å². The first-order chi connectivity index (χ1) is 16.9.